The van der Waals surface area contributed by atoms with E-state index in [0.29, 0.717) is 118 Å². The minimum atomic E-state index is -0.863. The Morgan fingerprint density at radius 1 is 0.448 bits per heavy atom. The Hall–Kier alpha value is -6.82. The van der Waals surface area contributed by atoms with Gasteiger partial charge < -0.3 is 61.6 Å². The fraction of sp³-hybridized carbons (Fsp3) is 0.687. The van der Waals surface area contributed by atoms with E-state index in [-0.39, 0.29) is 60.8 Å². The van der Waals surface area contributed by atoms with Crippen molar-refractivity contribution in [3.63, 3.8) is 0 Å². The second-order valence-electron chi connectivity index (χ2n) is 31.4. The van der Waals surface area contributed by atoms with Crippen LogP contribution < -0.4 is 28.4 Å². The Bertz CT molecular complexity index is 3760. The lowest BCUT2D eigenvalue weighted by Crippen LogP contribution is -2.77. The van der Waals surface area contributed by atoms with E-state index in [1.54, 1.807) is 28.4 Å². The molecule has 3 spiro atoms. The van der Waals surface area contributed by atoms with Gasteiger partial charge in [-0.1, -0.05) is 103 Å². The van der Waals surface area contributed by atoms with Gasteiger partial charge in [-0.15, -0.1) is 0 Å². The fourth-order valence-corrected chi connectivity index (χ4v) is 21.1. The maximum absolute atomic E-state index is 13.4. The molecule has 105 heavy (non-hydrogen) atoms. The summed E-state index contributed by atoms with van der Waals surface area (Å²) in [6.45, 7) is 10.3. The molecule has 0 aromatic heterocycles. The van der Waals surface area contributed by atoms with Crippen LogP contribution in [0.15, 0.2) is 48.2 Å². The minimum Gasteiger partial charge on any atom is -0.493 e. The topological polar surface area (TPSA) is 232 Å². The molecule has 3 saturated heterocycles. The number of benzene rings is 3. The van der Waals surface area contributed by atoms with Crippen molar-refractivity contribution in [3.8, 4) is 34.5 Å². The number of rotatable bonds is 31. The fourth-order valence-electron chi connectivity index (χ4n) is 21.1. The highest BCUT2D eigenvalue weighted by Gasteiger charge is 2.78. The van der Waals surface area contributed by atoms with Gasteiger partial charge in [-0.3, -0.25) is 38.7 Å². The van der Waals surface area contributed by atoms with Crippen LogP contribution in [0.25, 0.3) is 0 Å². The van der Waals surface area contributed by atoms with Crippen LogP contribution in [0.5, 0.6) is 34.5 Å². The van der Waals surface area contributed by atoms with Gasteiger partial charge in [-0.2, -0.15) is 0 Å². The number of esters is 4. The number of piperidine rings is 3. The lowest BCUT2D eigenvalue weighted by atomic mass is 9.49. The molecule has 12 aliphatic rings. The number of carbonyl (C=O) groups is 6. The van der Waals surface area contributed by atoms with Crippen LogP contribution in [0, 0.1) is 0 Å². The first-order valence-corrected chi connectivity index (χ1v) is 39.4. The minimum absolute atomic E-state index is 0.00774. The van der Waals surface area contributed by atoms with Crippen molar-refractivity contribution in [2.75, 3.05) is 102 Å². The van der Waals surface area contributed by atoms with Gasteiger partial charge in [0.1, 0.15) is 29.2 Å². The van der Waals surface area contributed by atoms with E-state index in [1.807, 2.05) is 24.3 Å². The molecular weight excluding hydrogens is 1340 g/mol. The molecule has 22 heteroatoms. The van der Waals surface area contributed by atoms with E-state index in [0.717, 1.165) is 113 Å². The number of ketones is 2. The van der Waals surface area contributed by atoms with Gasteiger partial charge in [0, 0.05) is 62.3 Å². The zero-order valence-corrected chi connectivity index (χ0v) is 63.9. The van der Waals surface area contributed by atoms with Crippen LogP contribution >= 0.6 is 0 Å². The molecule has 574 valence electrons. The van der Waals surface area contributed by atoms with E-state index in [2.05, 4.69) is 74.8 Å². The van der Waals surface area contributed by atoms with Crippen molar-refractivity contribution < 1.29 is 90.3 Å². The third-order valence-electron chi connectivity index (χ3n) is 26.0. The maximum atomic E-state index is 13.4. The van der Waals surface area contributed by atoms with Crippen LogP contribution in [-0.2, 0) is 97.4 Å². The molecule has 12 atom stereocenters. The summed E-state index contributed by atoms with van der Waals surface area (Å²) >= 11 is 0. The van der Waals surface area contributed by atoms with Crippen molar-refractivity contribution in [3.05, 3.63) is 81.6 Å². The number of carbonyl (C=O) groups excluding carboxylic acids is 6. The van der Waals surface area contributed by atoms with Gasteiger partial charge in [0.25, 0.3) is 0 Å². The maximum Gasteiger partial charge on any atom is 0.332 e. The molecule has 3 aromatic rings. The van der Waals surface area contributed by atoms with Crippen LogP contribution in [0.1, 0.15) is 208 Å². The van der Waals surface area contributed by atoms with Crippen LogP contribution in [-0.4, -0.2) is 206 Å². The molecule has 22 nitrogen and oxygen atoms in total. The lowest BCUT2D eigenvalue weighted by molar-refractivity contribution is -0.216. The second kappa shape index (κ2) is 31.8. The molecular formula is C83H113N3O19. The molecule has 5 fully saturated rings. The Morgan fingerprint density at radius 3 is 1.30 bits per heavy atom. The zero-order chi connectivity index (χ0) is 74.1. The SMILES string of the molecule is CCCCC(=O)OC1=CC[C@@]2(OC(=O)CCCC)[C@H]3Cc4ccc(OC)c5c4[C@@]2(CCN3C)C1O5.CCCCCCCCCCCC(=O)O[C@@]12CCC(=O)C3Oc4c(OC)ccc5c4[C@@]31CCN(C)[C@@H]2C5.COCCOCCOCC(=O)OC12CCC(=O)C3Oc4c(OC)ccc5c4[C@@]31CCN(C)[C@@H]2C5. The van der Waals surface area contributed by atoms with Gasteiger partial charge in [-0.25, -0.2) is 4.79 Å². The number of methoxy groups -OCH3 is 4. The summed E-state index contributed by atoms with van der Waals surface area (Å²) < 4.78 is 77.8. The van der Waals surface area contributed by atoms with Crippen LogP contribution in [0.2, 0.25) is 0 Å². The molecule has 6 heterocycles. The average molecular weight is 1460 g/mol. The Labute approximate surface area is 619 Å². The van der Waals surface area contributed by atoms with Gasteiger partial charge in [0.15, 0.2) is 64.4 Å². The second-order valence-corrected chi connectivity index (χ2v) is 31.4. The van der Waals surface area contributed by atoms with Gasteiger partial charge in [0.05, 0.1) is 82.1 Å². The van der Waals surface area contributed by atoms with Crippen LogP contribution in [0.3, 0.4) is 0 Å². The first kappa shape index (κ1) is 76.4. The normalized spacial score (nSPS) is 30.4. The van der Waals surface area contributed by atoms with Gasteiger partial charge in [-0.05, 0) is 152 Å². The number of ether oxygens (including phenoxy) is 13. The van der Waals surface area contributed by atoms with Crippen LogP contribution in [0.4, 0.5) is 0 Å². The van der Waals surface area contributed by atoms with E-state index < -0.39 is 57.3 Å². The number of likely N-dealkylation sites (N-methyl/N-ethyl adjacent to an activating group) is 3. The molecule has 4 unspecified atom stereocenters. The molecule has 6 aliphatic carbocycles. The van der Waals surface area contributed by atoms with E-state index in [9.17, 15) is 28.8 Å². The van der Waals surface area contributed by atoms with Crippen molar-refractivity contribution in [2.45, 2.75) is 264 Å². The standard InChI is InChI=1S/C30H43NO5.C28H37NO6.C25H33NO8/c1-4-5-6-7-8-9-10-11-12-13-25(33)36-30-17-16-22(32)28-29(30)18-19-31(2)24(30)20-21-14-15-23(34-3)27(35-28)26(21)29;1-5-7-9-22(30)33-20-13-14-28(35-23(31)10-8-6-2)21-17-18-11-12-19(32-4)25-24(18)27(28,26(20)34-25)15-16-29(21)3;1-26-9-8-24-21-16-4-5-18(30-3)22(21)33-23(24)17(27)6-7-25(24,19(26)14-16)34-20(28)15-32-13-12-31-11-10-29-2/h14-15,24,28H,4-13,16-20H2,1-3H3;11-13,21,26H,5-10,14-17H2,1-4H3;4-5,19,23H,6-15H2,1-3H3/t24-,28?,29+,30-;21-,26?,27+,28-;19-,23?,24+,25?/m111/s1. The van der Waals surface area contributed by atoms with Crippen molar-refractivity contribution >= 4 is 35.4 Å². The Morgan fingerprint density at radius 2 is 0.838 bits per heavy atom. The summed E-state index contributed by atoms with van der Waals surface area (Å²) in [5.74, 6) is 3.73. The summed E-state index contributed by atoms with van der Waals surface area (Å²) in [4.78, 5) is 85.7. The smallest absolute Gasteiger partial charge is 0.332 e. The monoisotopic (exact) mass is 1460 g/mol. The predicted octanol–water partition coefficient (Wildman–Crippen LogP) is 11.2. The zero-order valence-electron chi connectivity index (χ0n) is 63.9. The molecule has 2 saturated carbocycles. The highest BCUT2D eigenvalue weighted by molar-refractivity contribution is 5.92. The van der Waals surface area contributed by atoms with Crippen molar-refractivity contribution in [1.29, 1.82) is 0 Å². The highest BCUT2D eigenvalue weighted by Crippen LogP contribution is 2.70. The lowest BCUT2D eigenvalue weighted by Gasteiger charge is -2.63. The van der Waals surface area contributed by atoms with E-state index >= 15 is 0 Å². The Balaban J connectivity index is 0.000000140. The molecule has 15 rings (SSSR count). The molecule has 0 radical (unpaired) electrons. The number of likely N-dealkylation sites (tertiary alicyclic amines) is 3. The quantitative estimate of drug-likeness (QED) is 0.0331. The van der Waals surface area contributed by atoms with E-state index in [1.165, 1.54) is 56.1 Å². The summed E-state index contributed by atoms with van der Waals surface area (Å²) in [6.07, 6.45) is 22.4. The number of hydrogen-bond donors (Lipinski definition) is 0. The molecule has 0 amide bonds. The first-order chi connectivity index (χ1) is 50.9. The highest BCUT2D eigenvalue weighted by atomic mass is 16.6. The van der Waals surface area contributed by atoms with E-state index in [4.69, 9.17) is 61.6 Å². The number of nitrogens with zero attached hydrogens (tertiary/aromatic N) is 3. The summed E-state index contributed by atoms with van der Waals surface area (Å²) in [5, 5.41) is 0. The van der Waals surface area contributed by atoms with Crippen molar-refractivity contribution in [2.24, 2.45) is 0 Å². The predicted molar refractivity (Wildman–Crippen MR) is 390 cm³/mol. The largest absolute Gasteiger partial charge is 0.493 e. The number of Topliss-reactive ketones (excluding diaryl/α,β-unsaturated/α-hetero) is 2. The van der Waals surface area contributed by atoms with Gasteiger partial charge >= 0.3 is 23.9 Å². The molecule has 3 aromatic carbocycles. The summed E-state index contributed by atoms with van der Waals surface area (Å²) in [7, 11) is 12.8. The summed E-state index contributed by atoms with van der Waals surface area (Å²) in [6, 6.07) is 12.1. The third kappa shape index (κ3) is 12.8. The van der Waals surface area contributed by atoms with Crippen molar-refractivity contribution in [1.82, 2.24) is 14.7 Å². The first-order valence-electron chi connectivity index (χ1n) is 39.4. The molecule has 6 aliphatic heterocycles. The number of unbranched alkanes of at least 4 members (excludes halogenated alkanes) is 10. The Kier molecular flexibility index (Phi) is 23.1. The number of hydrogen-bond acceptors (Lipinski definition) is 22. The molecule has 6 bridgehead atoms. The molecule has 0 N–H and O–H groups in total. The average Bonchev–Trinajstić information content (AvgIpc) is 1.59. The third-order valence-corrected chi connectivity index (χ3v) is 26.0. The summed E-state index contributed by atoms with van der Waals surface area (Å²) in [5.41, 5.74) is 2.32. The van der Waals surface area contributed by atoms with Gasteiger partial charge in [0.2, 0.25) is 0 Å².